The molecule has 5 nitrogen and oxygen atoms in total. The highest BCUT2D eigenvalue weighted by molar-refractivity contribution is 5.92. The molecule has 1 aromatic heterocycles. The Morgan fingerprint density at radius 1 is 1.22 bits per heavy atom. The second-order valence-corrected chi connectivity index (χ2v) is 6.18. The SMILES string of the molecule is COC(=O)c1cc(-c2nc(CCN(C)C)c(C)[nH]2)c(C)cc1C. The number of hydrogen-bond acceptors (Lipinski definition) is 4. The van der Waals surface area contributed by atoms with Gasteiger partial charge in [-0.15, -0.1) is 0 Å². The van der Waals surface area contributed by atoms with Crippen LogP contribution in [0.2, 0.25) is 0 Å². The molecule has 0 saturated carbocycles. The Hall–Kier alpha value is -2.14. The number of aromatic amines is 1. The Balaban J connectivity index is 2.42. The lowest BCUT2D eigenvalue weighted by Gasteiger charge is -2.09. The van der Waals surface area contributed by atoms with E-state index in [1.807, 2.05) is 32.9 Å². The van der Waals surface area contributed by atoms with E-state index in [2.05, 4.69) is 24.0 Å². The molecular formula is C18H25N3O2. The van der Waals surface area contributed by atoms with Gasteiger partial charge in [0.05, 0.1) is 18.4 Å². The van der Waals surface area contributed by atoms with Gasteiger partial charge in [0.2, 0.25) is 0 Å². The van der Waals surface area contributed by atoms with Crippen molar-refractivity contribution in [3.63, 3.8) is 0 Å². The maximum Gasteiger partial charge on any atom is 0.338 e. The summed E-state index contributed by atoms with van der Waals surface area (Å²) in [5, 5.41) is 0. The molecule has 0 fully saturated rings. The van der Waals surface area contributed by atoms with E-state index >= 15 is 0 Å². The predicted molar refractivity (Wildman–Crippen MR) is 91.8 cm³/mol. The molecule has 0 aliphatic rings. The van der Waals surface area contributed by atoms with Crippen LogP contribution in [0.4, 0.5) is 0 Å². The third-order valence-corrected chi connectivity index (χ3v) is 4.01. The van der Waals surface area contributed by atoms with Crippen molar-refractivity contribution in [2.75, 3.05) is 27.7 Å². The van der Waals surface area contributed by atoms with Crippen LogP contribution >= 0.6 is 0 Å². The van der Waals surface area contributed by atoms with Gasteiger partial charge >= 0.3 is 5.97 Å². The van der Waals surface area contributed by atoms with Crippen LogP contribution < -0.4 is 0 Å². The fourth-order valence-corrected chi connectivity index (χ4v) is 2.63. The molecule has 0 atom stereocenters. The van der Waals surface area contributed by atoms with E-state index in [1.54, 1.807) is 0 Å². The Labute approximate surface area is 137 Å². The standard InChI is InChI=1S/C18H25N3O2/c1-11-9-12(2)15(18(22)23-6)10-14(11)17-19-13(3)16(20-17)7-8-21(4)5/h9-10H,7-8H2,1-6H3,(H,19,20). The van der Waals surface area contributed by atoms with Crippen LogP contribution in [-0.4, -0.2) is 48.6 Å². The van der Waals surface area contributed by atoms with Gasteiger partial charge < -0.3 is 14.6 Å². The third-order valence-electron chi connectivity index (χ3n) is 4.01. The van der Waals surface area contributed by atoms with Crippen LogP contribution in [0.1, 0.15) is 32.9 Å². The molecule has 1 N–H and O–H groups in total. The number of likely N-dealkylation sites (N-methyl/N-ethyl adjacent to an activating group) is 1. The lowest BCUT2D eigenvalue weighted by atomic mass is 9.99. The second kappa shape index (κ2) is 6.96. The highest BCUT2D eigenvalue weighted by Gasteiger charge is 2.16. The molecule has 2 aromatic rings. The maximum absolute atomic E-state index is 11.9. The summed E-state index contributed by atoms with van der Waals surface area (Å²) in [4.78, 5) is 22.1. The fraction of sp³-hybridized carbons (Fsp3) is 0.444. The van der Waals surface area contributed by atoms with Crippen LogP contribution in [0.3, 0.4) is 0 Å². The predicted octanol–water partition coefficient (Wildman–Crippen LogP) is 2.89. The molecule has 0 aliphatic heterocycles. The molecule has 0 radical (unpaired) electrons. The summed E-state index contributed by atoms with van der Waals surface area (Å²) in [6.07, 6.45) is 0.893. The van der Waals surface area contributed by atoms with E-state index < -0.39 is 0 Å². The fourth-order valence-electron chi connectivity index (χ4n) is 2.63. The zero-order chi connectivity index (χ0) is 17.1. The number of aromatic nitrogens is 2. The number of H-pyrrole nitrogens is 1. The summed E-state index contributed by atoms with van der Waals surface area (Å²) in [5.41, 5.74) is 5.65. The topological polar surface area (TPSA) is 58.2 Å². The van der Waals surface area contributed by atoms with Gasteiger partial charge in [-0.2, -0.15) is 0 Å². The number of carbonyl (C=O) groups excluding carboxylic acids is 1. The van der Waals surface area contributed by atoms with Crippen LogP contribution in [0.25, 0.3) is 11.4 Å². The minimum absolute atomic E-state index is 0.320. The van der Waals surface area contributed by atoms with Crippen LogP contribution in [0, 0.1) is 20.8 Å². The van der Waals surface area contributed by atoms with Gasteiger partial charge in [-0.1, -0.05) is 6.07 Å². The zero-order valence-electron chi connectivity index (χ0n) is 14.8. The molecule has 0 aliphatic carbocycles. The van der Waals surface area contributed by atoms with Crippen molar-refractivity contribution < 1.29 is 9.53 Å². The summed E-state index contributed by atoms with van der Waals surface area (Å²) >= 11 is 0. The number of methoxy groups -OCH3 is 1. The third kappa shape index (κ3) is 3.79. The first-order chi connectivity index (χ1) is 10.8. The number of hydrogen-bond donors (Lipinski definition) is 1. The number of benzene rings is 1. The van der Waals surface area contributed by atoms with E-state index in [-0.39, 0.29) is 5.97 Å². The molecule has 124 valence electrons. The molecule has 2 rings (SSSR count). The lowest BCUT2D eigenvalue weighted by molar-refractivity contribution is 0.0600. The second-order valence-electron chi connectivity index (χ2n) is 6.18. The van der Waals surface area contributed by atoms with Gasteiger partial charge in [0, 0.05) is 24.2 Å². The van der Waals surface area contributed by atoms with E-state index in [1.165, 1.54) is 7.11 Å². The first kappa shape index (κ1) is 17.2. The Bertz CT molecular complexity index is 717. The van der Waals surface area contributed by atoms with Gasteiger partial charge in [-0.05, 0) is 52.1 Å². The smallest absolute Gasteiger partial charge is 0.338 e. The number of esters is 1. The first-order valence-electron chi connectivity index (χ1n) is 7.73. The highest BCUT2D eigenvalue weighted by atomic mass is 16.5. The van der Waals surface area contributed by atoms with Gasteiger partial charge in [0.25, 0.3) is 0 Å². The number of carbonyl (C=O) groups is 1. The first-order valence-corrected chi connectivity index (χ1v) is 7.73. The van der Waals surface area contributed by atoms with Crippen molar-refractivity contribution in [1.82, 2.24) is 14.9 Å². The number of ether oxygens (including phenoxy) is 1. The summed E-state index contributed by atoms with van der Waals surface area (Å²) in [6, 6.07) is 3.86. The number of rotatable bonds is 5. The monoisotopic (exact) mass is 315 g/mol. The molecule has 0 bridgehead atoms. The average molecular weight is 315 g/mol. The lowest BCUT2D eigenvalue weighted by Crippen LogP contribution is -2.15. The minimum atomic E-state index is -0.320. The van der Waals surface area contributed by atoms with Crippen molar-refractivity contribution >= 4 is 5.97 Å². The zero-order valence-corrected chi connectivity index (χ0v) is 14.8. The summed E-state index contributed by atoms with van der Waals surface area (Å²) < 4.78 is 4.87. The molecule has 0 saturated heterocycles. The van der Waals surface area contributed by atoms with Crippen LogP contribution in [0.5, 0.6) is 0 Å². The molecular weight excluding hydrogens is 290 g/mol. The normalized spacial score (nSPS) is 11.1. The number of aryl methyl sites for hydroxylation is 3. The van der Waals surface area contributed by atoms with Crippen molar-refractivity contribution in [1.29, 1.82) is 0 Å². The average Bonchev–Trinajstić information content (AvgIpc) is 2.85. The maximum atomic E-state index is 11.9. The van der Waals surface area contributed by atoms with E-state index in [0.29, 0.717) is 5.56 Å². The number of nitrogens with zero attached hydrogens (tertiary/aromatic N) is 2. The molecule has 0 unspecified atom stereocenters. The summed E-state index contributed by atoms with van der Waals surface area (Å²) in [7, 11) is 5.50. The number of nitrogens with one attached hydrogen (secondary N) is 1. The van der Waals surface area contributed by atoms with Gasteiger partial charge in [-0.25, -0.2) is 9.78 Å². The van der Waals surface area contributed by atoms with Crippen molar-refractivity contribution in [2.24, 2.45) is 0 Å². The largest absolute Gasteiger partial charge is 0.465 e. The van der Waals surface area contributed by atoms with Gasteiger partial charge in [-0.3, -0.25) is 0 Å². The summed E-state index contributed by atoms with van der Waals surface area (Å²) in [6.45, 7) is 6.93. The van der Waals surface area contributed by atoms with E-state index in [0.717, 1.165) is 46.9 Å². The molecule has 1 heterocycles. The molecule has 0 spiro atoms. The van der Waals surface area contributed by atoms with E-state index in [9.17, 15) is 4.79 Å². The van der Waals surface area contributed by atoms with Crippen molar-refractivity contribution in [2.45, 2.75) is 27.2 Å². The van der Waals surface area contributed by atoms with Gasteiger partial charge in [0.15, 0.2) is 0 Å². The van der Waals surface area contributed by atoms with Crippen LogP contribution in [-0.2, 0) is 11.2 Å². The Morgan fingerprint density at radius 2 is 1.91 bits per heavy atom. The molecule has 23 heavy (non-hydrogen) atoms. The molecule has 5 heteroatoms. The highest BCUT2D eigenvalue weighted by Crippen LogP contribution is 2.26. The van der Waals surface area contributed by atoms with Crippen LogP contribution in [0.15, 0.2) is 12.1 Å². The molecule has 0 amide bonds. The minimum Gasteiger partial charge on any atom is -0.465 e. The molecule has 1 aromatic carbocycles. The quantitative estimate of drug-likeness (QED) is 0.862. The van der Waals surface area contributed by atoms with Crippen molar-refractivity contribution in [3.8, 4) is 11.4 Å². The van der Waals surface area contributed by atoms with E-state index in [4.69, 9.17) is 9.72 Å². The Morgan fingerprint density at radius 3 is 2.52 bits per heavy atom. The Kier molecular flexibility index (Phi) is 5.21. The number of imidazole rings is 1. The summed E-state index contributed by atoms with van der Waals surface area (Å²) in [5.74, 6) is 0.485. The van der Waals surface area contributed by atoms with Crippen molar-refractivity contribution in [3.05, 3.63) is 40.2 Å². The van der Waals surface area contributed by atoms with Gasteiger partial charge in [0.1, 0.15) is 5.82 Å².